The Morgan fingerprint density at radius 1 is 1.36 bits per heavy atom. The number of hydrogen-bond acceptors (Lipinski definition) is 3. The first-order chi connectivity index (χ1) is 10.7. The molecule has 22 heavy (non-hydrogen) atoms. The minimum atomic E-state index is 0.580. The normalized spacial score (nSPS) is 10.5. The van der Waals surface area contributed by atoms with Crippen LogP contribution in [0, 0.1) is 6.92 Å². The third-order valence-corrected chi connectivity index (χ3v) is 3.37. The van der Waals surface area contributed by atoms with E-state index >= 15 is 0 Å². The predicted molar refractivity (Wildman–Crippen MR) is 93.2 cm³/mol. The Kier molecular flexibility index (Phi) is 6.36. The second-order valence-corrected chi connectivity index (χ2v) is 5.52. The molecule has 6 heteroatoms. The molecule has 0 aliphatic carbocycles. The van der Waals surface area contributed by atoms with Gasteiger partial charge in [0, 0.05) is 32.5 Å². The van der Waals surface area contributed by atoms with Crippen LogP contribution in [-0.2, 0) is 11.3 Å². The molecule has 1 aromatic carbocycles. The van der Waals surface area contributed by atoms with Crippen LogP contribution in [0.2, 0.25) is 0 Å². The molecule has 0 saturated heterocycles. The van der Waals surface area contributed by atoms with Crippen LogP contribution in [0.4, 0.5) is 5.82 Å². The van der Waals surface area contributed by atoms with Crippen molar-refractivity contribution in [1.29, 1.82) is 0 Å². The Balaban J connectivity index is 1.82. The van der Waals surface area contributed by atoms with Gasteiger partial charge in [0.2, 0.25) is 0 Å². The highest BCUT2D eigenvalue weighted by molar-refractivity contribution is 7.80. The first-order valence-electron chi connectivity index (χ1n) is 7.30. The van der Waals surface area contributed by atoms with Gasteiger partial charge in [0.1, 0.15) is 0 Å². The lowest BCUT2D eigenvalue weighted by atomic mass is 10.1. The highest BCUT2D eigenvalue weighted by atomic mass is 32.1. The molecule has 118 valence electrons. The zero-order chi connectivity index (χ0) is 15.8. The number of aryl methyl sites for hydroxylation is 1. The maximum Gasteiger partial charge on any atom is 0.171 e. The average molecular weight is 318 g/mol. The number of rotatable bonds is 7. The molecule has 0 unspecified atom stereocenters. The second-order valence-electron chi connectivity index (χ2n) is 5.11. The van der Waals surface area contributed by atoms with E-state index in [1.54, 1.807) is 7.11 Å². The van der Waals surface area contributed by atoms with Crippen LogP contribution in [-0.4, -0.2) is 35.2 Å². The number of nitrogens with one attached hydrogen (secondary N) is 2. The zero-order valence-corrected chi connectivity index (χ0v) is 13.8. The van der Waals surface area contributed by atoms with Crippen molar-refractivity contribution < 1.29 is 4.74 Å². The van der Waals surface area contributed by atoms with Crippen molar-refractivity contribution >= 4 is 23.1 Å². The summed E-state index contributed by atoms with van der Waals surface area (Å²) >= 11 is 5.23. The van der Waals surface area contributed by atoms with Gasteiger partial charge in [-0.15, -0.1) is 0 Å². The fourth-order valence-electron chi connectivity index (χ4n) is 2.09. The van der Waals surface area contributed by atoms with E-state index in [0.29, 0.717) is 5.11 Å². The molecule has 0 amide bonds. The molecule has 2 rings (SSSR count). The monoisotopic (exact) mass is 318 g/mol. The first kappa shape index (κ1) is 16.5. The molecule has 0 aliphatic rings. The maximum absolute atomic E-state index is 5.23. The van der Waals surface area contributed by atoms with Gasteiger partial charge < -0.3 is 15.4 Å². The zero-order valence-electron chi connectivity index (χ0n) is 13.0. The van der Waals surface area contributed by atoms with Gasteiger partial charge in [-0.05, 0) is 31.1 Å². The number of thiocarbonyl (C=S) groups is 1. The van der Waals surface area contributed by atoms with Gasteiger partial charge in [-0.2, -0.15) is 5.10 Å². The molecule has 2 N–H and O–H groups in total. The summed E-state index contributed by atoms with van der Waals surface area (Å²) in [6.45, 7) is 4.34. The fraction of sp³-hybridized carbons (Fsp3) is 0.375. The third-order valence-electron chi connectivity index (χ3n) is 3.12. The van der Waals surface area contributed by atoms with E-state index in [2.05, 4.69) is 46.9 Å². The van der Waals surface area contributed by atoms with Crippen LogP contribution in [0.5, 0.6) is 0 Å². The van der Waals surface area contributed by atoms with Crippen molar-refractivity contribution in [3.05, 3.63) is 47.7 Å². The lowest BCUT2D eigenvalue weighted by Crippen LogP contribution is -2.30. The van der Waals surface area contributed by atoms with E-state index in [1.807, 2.05) is 16.9 Å². The standard InChI is InChI=1S/C16H22N4OS/c1-13-5-3-6-14(11-13)12-20-9-7-15(19-20)18-16(22)17-8-4-10-21-2/h3,5-7,9,11H,4,8,10,12H2,1-2H3,(H2,17,18,19,22). The van der Waals surface area contributed by atoms with Gasteiger partial charge in [-0.25, -0.2) is 0 Å². The van der Waals surface area contributed by atoms with E-state index < -0.39 is 0 Å². The lowest BCUT2D eigenvalue weighted by molar-refractivity contribution is 0.196. The van der Waals surface area contributed by atoms with Crippen molar-refractivity contribution in [2.45, 2.75) is 19.9 Å². The van der Waals surface area contributed by atoms with Crippen LogP contribution in [0.3, 0.4) is 0 Å². The van der Waals surface area contributed by atoms with Gasteiger partial charge in [-0.3, -0.25) is 4.68 Å². The molecule has 0 radical (unpaired) electrons. The van der Waals surface area contributed by atoms with Crippen molar-refractivity contribution in [3.63, 3.8) is 0 Å². The van der Waals surface area contributed by atoms with E-state index in [4.69, 9.17) is 17.0 Å². The van der Waals surface area contributed by atoms with Crippen molar-refractivity contribution in [2.75, 3.05) is 25.6 Å². The van der Waals surface area contributed by atoms with Gasteiger partial charge >= 0.3 is 0 Å². The highest BCUT2D eigenvalue weighted by Crippen LogP contribution is 2.08. The molecule has 0 atom stereocenters. The van der Waals surface area contributed by atoms with Gasteiger partial charge in [0.15, 0.2) is 10.9 Å². The smallest absolute Gasteiger partial charge is 0.171 e. The summed E-state index contributed by atoms with van der Waals surface area (Å²) in [6.07, 6.45) is 2.86. The molecule has 0 aliphatic heterocycles. The number of methoxy groups -OCH3 is 1. The van der Waals surface area contributed by atoms with Crippen LogP contribution in [0.25, 0.3) is 0 Å². The number of hydrogen-bond donors (Lipinski definition) is 2. The lowest BCUT2D eigenvalue weighted by Gasteiger charge is -2.08. The number of benzene rings is 1. The van der Waals surface area contributed by atoms with Gasteiger partial charge in [0.05, 0.1) is 6.54 Å². The average Bonchev–Trinajstić information content (AvgIpc) is 2.91. The summed E-state index contributed by atoms with van der Waals surface area (Å²) in [4.78, 5) is 0. The molecule has 2 aromatic rings. The number of anilines is 1. The third kappa shape index (κ3) is 5.46. The van der Waals surface area contributed by atoms with Crippen LogP contribution in [0.1, 0.15) is 17.5 Å². The molecule has 0 bridgehead atoms. The molecule has 5 nitrogen and oxygen atoms in total. The molecule has 0 spiro atoms. The summed E-state index contributed by atoms with van der Waals surface area (Å²) in [5.41, 5.74) is 2.49. The Labute approximate surface area is 136 Å². The quantitative estimate of drug-likeness (QED) is 0.607. The molecule has 0 saturated carbocycles. The summed E-state index contributed by atoms with van der Waals surface area (Å²) in [5.74, 6) is 0.747. The second kappa shape index (κ2) is 8.51. The van der Waals surface area contributed by atoms with Crippen LogP contribution >= 0.6 is 12.2 Å². The number of nitrogens with zero attached hydrogens (tertiary/aromatic N) is 2. The minimum absolute atomic E-state index is 0.580. The Hall–Kier alpha value is -1.92. The van der Waals surface area contributed by atoms with Crippen molar-refractivity contribution in [2.24, 2.45) is 0 Å². The Morgan fingerprint density at radius 3 is 3.00 bits per heavy atom. The van der Waals surface area contributed by atoms with Gasteiger partial charge in [-0.1, -0.05) is 29.8 Å². The molecular weight excluding hydrogens is 296 g/mol. The molecule has 1 aromatic heterocycles. The molecule has 1 heterocycles. The van der Waals surface area contributed by atoms with Gasteiger partial charge in [0.25, 0.3) is 0 Å². The van der Waals surface area contributed by atoms with E-state index in [-0.39, 0.29) is 0 Å². The molecule has 0 fully saturated rings. The number of ether oxygens (including phenoxy) is 1. The SMILES string of the molecule is COCCCNC(=S)Nc1ccn(Cc2cccc(C)c2)n1. The summed E-state index contributed by atoms with van der Waals surface area (Å²) in [7, 11) is 1.69. The first-order valence-corrected chi connectivity index (χ1v) is 7.71. The summed E-state index contributed by atoms with van der Waals surface area (Å²) in [5, 5.41) is 11.3. The summed E-state index contributed by atoms with van der Waals surface area (Å²) in [6, 6.07) is 10.3. The van der Waals surface area contributed by atoms with E-state index in [1.165, 1.54) is 11.1 Å². The van der Waals surface area contributed by atoms with Crippen LogP contribution in [0.15, 0.2) is 36.5 Å². The number of aromatic nitrogens is 2. The highest BCUT2D eigenvalue weighted by Gasteiger charge is 2.02. The predicted octanol–water partition coefficient (Wildman–Crippen LogP) is 2.56. The molecular formula is C16H22N4OS. The summed E-state index contributed by atoms with van der Waals surface area (Å²) < 4.78 is 6.88. The topological polar surface area (TPSA) is 51.1 Å². The maximum atomic E-state index is 5.23. The van der Waals surface area contributed by atoms with Crippen molar-refractivity contribution in [1.82, 2.24) is 15.1 Å². The van der Waals surface area contributed by atoms with Crippen LogP contribution < -0.4 is 10.6 Å². The fourth-order valence-corrected chi connectivity index (χ4v) is 2.30. The van der Waals surface area contributed by atoms with Crippen molar-refractivity contribution in [3.8, 4) is 0 Å². The minimum Gasteiger partial charge on any atom is -0.385 e. The Morgan fingerprint density at radius 2 is 2.23 bits per heavy atom. The van der Waals surface area contributed by atoms with E-state index in [9.17, 15) is 0 Å². The Bertz CT molecular complexity index is 612. The van der Waals surface area contributed by atoms with E-state index in [0.717, 1.165) is 31.9 Å². The largest absolute Gasteiger partial charge is 0.385 e.